The Labute approximate surface area is 211 Å². The topological polar surface area (TPSA) is 93.7 Å². The summed E-state index contributed by atoms with van der Waals surface area (Å²) < 4.78 is 9.74. The average molecular weight is 491 g/mol. The number of amides is 2. The second-order valence-electron chi connectivity index (χ2n) is 10.8. The zero-order valence-corrected chi connectivity index (χ0v) is 20.8. The van der Waals surface area contributed by atoms with Gasteiger partial charge in [0.2, 0.25) is 5.91 Å². The third-order valence-electron chi connectivity index (χ3n) is 7.98. The molecule has 0 unspecified atom stereocenters. The SMILES string of the molecule is CCOC(=O)Oc1ccc(C(=O)Nc2ccc(CNC(=O)CC34CC5CC(CC(C5)C3)C4)cc2)cc1. The molecule has 0 aliphatic heterocycles. The third-order valence-corrected chi connectivity index (χ3v) is 7.98. The van der Waals surface area contributed by atoms with Gasteiger partial charge >= 0.3 is 6.16 Å². The standard InChI is InChI=1S/C29H34N2O5/c1-2-35-28(34)36-25-9-5-23(6-10-25)27(33)31-24-7-3-19(4-8-24)18-30-26(32)17-29-14-20-11-21(15-29)13-22(12-20)16-29/h3-10,20-22H,2,11-18H2,1H3,(H,30,32)(H,31,33). The van der Waals surface area contributed by atoms with Gasteiger partial charge in [0.15, 0.2) is 0 Å². The van der Waals surface area contributed by atoms with Gasteiger partial charge in [0.25, 0.3) is 5.91 Å². The number of hydrogen-bond acceptors (Lipinski definition) is 5. The Morgan fingerprint density at radius 2 is 1.50 bits per heavy atom. The molecule has 36 heavy (non-hydrogen) atoms. The molecule has 0 radical (unpaired) electrons. The number of carbonyl (C=O) groups excluding carboxylic acids is 3. The Hall–Kier alpha value is -3.35. The zero-order valence-electron chi connectivity index (χ0n) is 20.8. The summed E-state index contributed by atoms with van der Waals surface area (Å²) in [4.78, 5) is 36.7. The van der Waals surface area contributed by atoms with Crippen molar-refractivity contribution in [1.82, 2.24) is 5.32 Å². The van der Waals surface area contributed by atoms with Gasteiger partial charge < -0.3 is 20.1 Å². The Balaban J connectivity index is 1.08. The smallest absolute Gasteiger partial charge is 0.434 e. The van der Waals surface area contributed by atoms with Crippen LogP contribution in [0.5, 0.6) is 5.75 Å². The number of hydrogen-bond donors (Lipinski definition) is 2. The third kappa shape index (κ3) is 5.72. The fourth-order valence-electron chi connectivity index (χ4n) is 6.94. The number of ether oxygens (including phenoxy) is 2. The van der Waals surface area contributed by atoms with Crippen molar-refractivity contribution >= 4 is 23.7 Å². The maximum Gasteiger partial charge on any atom is 0.513 e. The maximum atomic E-state index is 12.8. The summed E-state index contributed by atoms with van der Waals surface area (Å²) in [7, 11) is 0. The fourth-order valence-corrected chi connectivity index (χ4v) is 6.94. The van der Waals surface area contributed by atoms with Crippen molar-refractivity contribution < 1.29 is 23.9 Å². The van der Waals surface area contributed by atoms with E-state index in [1.165, 1.54) is 38.5 Å². The highest BCUT2D eigenvalue weighted by molar-refractivity contribution is 6.04. The van der Waals surface area contributed by atoms with E-state index in [2.05, 4.69) is 10.6 Å². The first-order valence-corrected chi connectivity index (χ1v) is 13.0. The quantitative estimate of drug-likeness (QED) is 0.366. The molecule has 4 aliphatic rings. The molecule has 190 valence electrons. The van der Waals surface area contributed by atoms with Crippen molar-refractivity contribution in [2.24, 2.45) is 23.2 Å². The lowest BCUT2D eigenvalue weighted by Crippen LogP contribution is -2.47. The molecule has 0 spiro atoms. The first-order chi connectivity index (χ1) is 17.4. The number of nitrogens with one attached hydrogen (secondary N) is 2. The minimum absolute atomic E-state index is 0.157. The van der Waals surface area contributed by atoms with Crippen molar-refractivity contribution in [3.8, 4) is 5.75 Å². The van der Waals surface area contributed by atoms with Crippen molar-refractivity contribution in [1.29, 1.82) is 0 Å². The predicted octanol–water partition coefficient (Wildman–Crippen LogP) is 5.70. The van der Waals surface area contributed by atoms with Crippen LogP contribution in [0.2, 0.25) is 0 Å². The zero-order chi connectivity index (χ0) is 25.1. The number of carbonyl (C=O) groups is 3. The van der Waals surface area contributed by atoms with E-state index in [1.807, 2.05) is 24.3 Å². The molecule has 4 aliphatic carbocycles. The summed E-state index contributed by atoms with van der Waals surface area (Å²) in [6.07, 6.45) is 7.76. The van der Waals surface area contributed by atoms with Crippen molar-refractivity contribution in [3.63, 3.8) is 0 Å². The Morgan fingerprint density at radius 1 is 0.889 bits per heavy atom. The van der Waals surface area contributed by atoms with Crippen molar-refractivity contribution in [2.45, 2.75) is 58.4 Å². The molecule has 4 bridgehead atoms. The van der Waals surface area contributed by atoms with Gasteiger partial charge in [-0.3, -0.25) is 9.59 Å². The van der Waals surface area contributed by atoms with E-state index in [0.717, 1.165) is 23.3 Å². The highest BCUT2D eigenvalue weighted by Gasteiger charge is 2.51. The number of rotatable bonds is 8. The van der Waals surface area contributed by atoms with Crippen LogP contribution in [0.25, 0.3) is 0 Å². The number of benzene rings is 2. The molecule has 7 nitrogen and oxygen atoms in total. The van der Waals surface area contributed by atoms with E-state index in [-0.39, 0.29) is 23.8 Å². The summed E-state index contributed by atoms with van der Waals surface area (Å²) in [5.74, 6) is 2.74. The van der Waals surface area contributed by atoms with Gasteiger partial charge in [-0.25, -0.2) is 4.79 Å². The van der Waals surface area contributed by atoms with E-state index in [9.17, 15) is 14.4 Å². The highest BCUT2D eigenvalue weighted by Crippen LogP contribution is 2.61. The first kappa shape index (κ1) is 24.3. The highest BCUT2D eigenvalue weighted by atomic mass is 16.7. The summed E-state index contributed by atoms with van der Waals surface area (Å²) in [5.41, 5.74) is 2.34. The van der Waals surface area contributed by atoms with Crippen molar-refractivity contribution in [2.75, 3.05) is 11.9 Å². The van der Waals surface area contributed by atoms with Gasteiger partial charge in [-0.2, -0.15) is 0 Å². The second-order valence-corrected chi connectivity index (χ2v) is 10.8. The Morgan fingerprint density at radius 3 is 2.08 bits per heavy atom. The molecule has 2 N–H and O–H groups in total. The van der Waals surface area contributed by atoms with Crippen molar-refractivity contribution in [3.05, 3.63) is 59.7 Å². The lowest BCUT2D eigenvalue weighted by Gasteiger charge is -2.56. The molecule has 6 rings (SSSR count). The molecule has 2 amide bonds. The lowest BCUT2D eigenvalue weighted by atomic mass is 9.49. The minimum atomic E-state index is -0.779. The molecule has 0 heterocycles. The molecule has 2 aromatic carbocycles. The van der Waals surface area contributed by atoms with Crippen LogP contribution in [0.1, 0.15) is 67.8 Å². The van der Waals surface area contributed by atoms with Gasteiger partial charge in [0.1, 0.15) is 5.75 Å². The first-order valence-electron chi connectivity index (χ1n) is 13.0. The molecule has 4 fully saturated rings. The largest absolute Gasteiger partial charge is 0.513 e. The molecular formula is C29H34N2O5. The second kappa shape index (κ2) is 10.3. The van der Waals surface area contributed by atoms with Gasteiger partial charge in [-0.1, -0.05) is 12.1 Å². The maximum absolute atomic E-state index is 12.8. The molecule has 0 saturated heterocycles. The Bertz CT molecular complexity index is 1070. The van der Waals surface area contributed by atoms with E-state index >= 15 is 0 Å². The summed E-state index contributed by atoms with van der Waals surface area (Å²) in [6.45, 7) is 2.41. The van der Waals surface area contributed by atoms with Crippen LogP contribution >= 0.6 is 0 Å². The molecule has 0 atom stereocenters. The molecule has 0 aromatic heterocycles. The number of anilines is 1. The normalized spacial score (nSPS) is 25.8. The van der Waals surface area contributed by atoms with E-state index < -0.39 is 6.16 Å². The predicted molar refractivity (Wildman–Crippen MR) is 136 cm³/mol. The minimum Gasteiger partial charge on any atom is -0.434 e. The van der Waals surface area contributed by atoms with Gasteiger partial charge in [-0.05, 0) is 111 Å². The summed E-state index contributed by atoms with van der Waals surface area (Å²) >= 11 is 0. The molecule has 7 heteroatoms. The molecule has 2 aromatic rings. The summed E-state index contributed by atoms with van der Waals surface area (Å²) in [5, 5.41) is 5.97. The monoisotopic (exact) mass is 490 g/mol. The molecule has 4 saturated carbocycles. The van der Waals surface area contributed by atoms with Crippen LogP contribution < -0.4 is 15.4 Å². The average Bonchev–Trinajstić information content (AvgIpc) is 2.83. The van der Waals surface area contributed by atoms with E-state index in [4.69, 9.17) is 9.47 Å². The van der Waals surface area contributed by atoms with Crippen LogP contribution in [0.3, 0.4) is 0 Å². The Kier molecular flexibility index (Phi) is 6.99. The lowest BCUT2D eigenvalue weighted by molar-refractivity contribution is -0.129. The van der Waals surface area contributed by atoms with Gasteiger partial charge in [0, 0.05) is 24.2 Å². The van der Waals surface area contributed by atoms with Gasteiger partial charge in [0.05, 0.1) is 6.61 Å². The van der Waals surface area contributed by atoms with E-state index in [1.54, 1.807) is 31.2 Å². The van der Waals surface area contributed by atoms with Crippen LogP contribution in [-0.4, -0.2) is 24.6 Å². The molecular weight excluding hydrogens is 456 g/mol. The van der Waals surface area contributed by atoms with Gasteiger partial charge in [-0.15, -0.1) is 0 Å². The van der Waals surface area contributed by atoms with E-state index in [0.29, 0.717) is 30.0 Å². The summed E-state index contributed by atoms with van der Waals surface area (Å²) in [6, 6.07) is 13.7. The van der Waals surface area contributed by atoms with Crippen LogP contribution in [0, 0.1) is 23.2 Å². The van der Waals surface area contributed by atoms with Crippen LogP contribution in [0.15, 0.2) is 48.5 Å². The fraction of sp³-hybridized carbons (Fsp3) is 0.483. The van der Waals surface area contributed by atoms with Crippen LogP contribution in [0.4, 0.5) is 10.5 Å². The van der Waals surface area contributed by atoms with Crippen LogP contribution in [-0.2, 0) is 16.1 Å².